The summed E-state index contributed by atoms with van der Waals surface area (Å²) in [5.41, 5.74) is 3.99. The molecule has 1 aliphatic carbocycles. The summed E-state index contributed by atoms with van der Waals surface area (Å²) in [5.74, 6) is -0.0184. The molecule has 202 valence electrons. The number of aromatic amines is 1. The Morgan fingerprint density at radius 2 is 2.24 bits per heavy atom. The van der Waals surface area contributed by atoms with E-state index in [1.54, 1.807) is 6.07 Å². The largest absolute Gasteiger partial charge is 0.473 e. The first-order valence-corrected chi connectivity index (χ1v) is 13.0. The van der Waals surface area contributed by atoms with Gasteiger partial charge in [-0.1, -0.05) is 31.2 Å². The van der Waals surface area contributed by atoms with E-state index in [9.17, 15) is 10.2 Å². The van der Waals surface area contributed by atoms with E-state index in [4.69, 9.17) is 14.2 Å². The Morgan fingerprint density at radius 3 is 2.89 bits per heavy atom. The first kappa shape index (κ1) is 27.5. The number of methoxy groups -OCH3 is 1. The molecule has 0 bridgehead atoms. The molecule has 2 aromatic rings. The Labute approximate surface area is 217 Å². The van der Waals surface area contributed by atoms with Gasteiger partial charge in [-0.05, 0) is 43.8 Å². The maximum Gasteiger partial charge on any atom is 0.213 e. The summed E-state index contributed by atoms with van der Waals surface area (Å²) in [7, 11) is 1.46. The fourth-order valence-corrected chi connectivity index (χ4v) is 4.95. The second kappa shape index (κ2) is 12.8. The number of ether oxygens (including phenoxy) is 3. The van der Waals surface area contributed by atoms with E-state index < -0.39 is 6.41 Å². The summed E-state index contributed by atoms with van der Waals surface area (Å²) in [6.45, 7) is 4.41. The van der Waals surface area contributed by atoms with Crippen LogP contribution in [0.2, 0.25) is 0 Å². The van der Waals surface area contributed by atoms with Crippen molar-refractivity contribution in [2.75, 3.05) is 20.3 Å². The molecule has 1 saturated heterocycles. The van der Waals surface area contributed by atoms with E-state index in [1.165, 1.54) is 18.7 Å². The van der Waals surface area contributed by atoms with Crippen LogP contribution in [0.5, 0.6) is 5.88 Å². The number of hydrogen-bond donors (Lipinski definition) is 4. The molecule has 0 amide bonds. The van der Waals surface area contributed by atoms with Crippen LogP contribution >= 0.6 is 0 Å². The van der Waals surface area contributed by atoms with Gasteiger partial charge in [-0.3, -0.25) is 5.32 Å². The van der Waals surface area contributed by atoms with Gasteiger partial charge in [0.15, 0.2) is 5.88 Å². The van der Waals surface area contributed by atoms with Crippen molar-refractivity contribution in [3.05, 3.63) is 59.1 Å². The normalized spacial score (nSPS) is 24.5. The highest BCUT2D eigenvalue weighted by Gasteiger charge is 2.27. The van der Waals surface area contributed by atoms with Crippen molar-refractivity contribution in [2.24, 2.45) is 0 Å². The quantitative estimate of drug-likeness (QED) is 0.262. The van der Waals surface area contributed by atoms with Crippen molar-refractivity contribution in [1.82, 2.24) is 15.3 Å². The van der Waals surface area contributed by atoms with E-state index in [0.717, 1.165) is 24.8 Å². The minimum absolute atomic E-state index is 0.0307. The monoisotopic (exact) mass is 515 g/mol. The second-order valence-electron chi connectivity index (χ2n) is 9.61. The Morgan fingerprint density at radius 1 is 1.41 bits per heavy atom. The lowest BCUT2D eigenvalue weighted by Gasteiger charge is -2.25. The van der Waals surface area contributed by atoms with Crippen LogP contribution in [0.25, 0.3) is 11.0 Å². The Kier molecular flexibility index (Phi) is 9.50. The molecular weight excluding hydrogens is 477 g/mol. The Balaban J connectivity index is 1.45. The van der Waals surface area contributed by atoms with Crippen LogP contribution in [0.4, 0.5) is 4.39 Å². The third kappa shape index (κ3) is 6.86. The van der Waals surface area contributed by atoms with Crippen LogP contribution in [-0.2, 0) is 9.47 Å². The number of pyridine rings is 1. The molecule has 9 heteroatoms. The van der Waals surface area contributed by atoms with E-state index >= 15 is 4.39 Å². The molecule has 4 rings (SSSR count). The molecule has 0 aromatic carbocycles. The third-order valence-corrected chi connectivity index (χ3v) is 7.09. The van der Waals surface area contributed by atoms with Crippen molar-refractivity contribution in [1.29, 1.82) is 0 Å². The average molecular weight is 516 g/mol. The lowest BCUT2D eigenvalue weighted by molar-refractivity contribution is -0.104. The van der Waals surface area contributed by atoms with Crippen molar-refractivity contribution in [3.63, 3.8) is 0 Å². The molecule has 2 aliphatic rings. The SMILES string of the molecule is C/C=C(\C=C/C(CC)c1nc2cc(O[C@@H]3COC(CO)C3)[nH]c2cc1F)C1=CC[C@@H](NC(O)OC)CC1. The summed E-state index contributed by atoms with van der Waals surface area (Å²) in [6.07, 6.45) is 10.9. The van der Waals surface area contributed by atoms with Crippen LogP contribution < -0.4 is 10.1 Å². The first-order chi connectivity index (χ1) is 17.9. The number of fused-ring (bicyclic) bond motifs is 1. The minimum atomic E-state index is -0.955. The number of aliphatic hydroxyl groups is 2. The molecule has 3 unspecified atom stereocenters. The molecule has 37 heavy (non-hydrogen) atoms. The van der Waals surface area contributed by atoms with Crippen LogP contribution in [0, 0.1) is 5.82 Å². The second-order valence-corrected chi connectivity index (χ2v) is 9.61. The Hall–Kier alpha value is -2.56. The van der Waals surface area contributed by atoms with E-state index in [1.807, 2.05) is 19.9 Å². The molecular formula is C28H38FN3O5. The minimum Gasteiger partial charge on any atom is -0.473 e. The van der Waals surface area contributed by atoms with Gasteiger partial charge in [-0.2, -0.15) is 0 Å². The number of halogens is 1. The van der Waals surface area contributed by atoms with E-state index in [2.05, 4.69) is 33.5 Å². The average Bonchev–Trinajstić information content (AvgIpc) is 3.53. The molecule has 2 aromatic heterocycles. The number of aliphatic hydroxyl groups excluding tert-OH is 2. The van der Waals surface area contributed by atoms with Crippen molar-refractivity contribution in [3.8, 4) is 5.88 Å². The van der Waals surface area contributed by atoms with Crippen molar-refractivity contribution >= 4 is 11.0 Å². The van der Waals surface area contributed by atoms with Crippen LogP contribution in [-0.4, -0.2) is 65.2 Å². The molecule has 4 N–H and O–H groups in total. The van der Waals surface area contributed by atoms with Gasteiger partial charge in [0.1, 0.15) is 11.9 Å². The third-order valence-electron chi connectivity index (χ3n) is 7.09. The molecule has 1 fully saturated rings. The van der Waals surface area contributed by atoms with Crippen LogP contribution in [0.15, 0.2) is 47.6 Å². The zero-order valence-electron chi connectivity index (χ0n) is 21.7. The number of H-pyrrole nitrogens is 1. The predicted octanol–water partition coefficient (Wildman–Crippen LogP) is 4.22. The number of nitrogens with zero attached hydrogens (tertiary/aromatic N) is 1. The number of nitrogens with one attached hydrogen (secondary N) is 2. The molecule has 1 aliphatic heterocycles. The molecule has 8 nitrogen and oxygen atoms in total. The number of aromatic nitrogens is 2. The molecule has 0 spiro atoms. The first-order valence-electron chi connectivity index (χ1n) is 13.0. The van der Waals surface area contributed by atoms with Gasteiger partial charge in [0.05, 0.1) is 36.0 Å². The highest BCUT2D eigenvalue weighted by atomic mass is 19.1. The van der Waals surface area contributed by atoms with Crippen LogP contribution in [0.1, 0.15) is 57.6 Å². The maximum atomic E-state index is 15.1. The number of rotatable bonds is 11. The highest BCUT2D eigenvalue weighted by Crippen LogP contribution is 2.30. The standard InChI is InChI=1S/C28H38FN3O5/c1-4-17(19-8-10-20(11-9-19)30-28(34)35-3)6-7-18(5-2)27-23(29)13-24-25(32-27)14-26(31-24)37-22-12-21(15-33)36-16-22/h4,6-8,13-14,18,20-22,28,30-31,33-34H,5,9-12,15-16H2,1-3H3/b7-6-,17-4+/t18?,20-,21?,22+,28?/m1/s1. The summed E-state index contributed by atoms with van der Waals surface area (Å²) in [4.78, 5) is 7.74. The predicted molar refractivity (Wildman–Crippen MR) is 140 cm³/mol. The summed E-state index contributed by atoms with van der Waals surface area (Å²) in [6, 6.07) is 3.43. The zero-order valence-corrected chi connectivity index (χ0v) is 21.7. The molecule has 5 atom stereocenters. The fourth-order valence-electron chi connectivity index (χ4n) is 4.95. The Bertz CT molecular complexity index is 1140. The van der Waals surface area contributed by atoms with Gasteiger partial charge in [-0.25, -0.2) is 9.37 Å². The van der Waals surface area contributed by atoms with E-state index in [0.29, 0.717) is 42.1 Å². The maximum absolute atomic E-state index is 15.1. The summed E-state index contributed by atoms with van der Waals surface area (Å²) >= 11 is 0. The smallest absolute Gasteiger partial charge is 0.213 e. The highest BCUT2D eigenvalue weighted by molar-refractivity contribution is 5.77. The molecule has 3 heterocycles. The topological polar surface area (TPSA) is 109 Å². The van der Waals surface area contributed by atoms with Gasteiger partial charge in [0.25, 0.3) is 0 Å². The van der Waals surface area contributed by atoms with Gasteiger partial charge in [0, 0.05) is 37.6 Å². The molecule has 0 saturated carbocycles. The summed E-state index contributed by atoms with van der Waals surface area (Å²) in [5, 5.41) is 21.9. The van der Waals surface area contributed by atoms with Crippen molar-refractivity contribution < 1.29 is 28.8 Å². The number of hydrogen-bond acceptors (Lipinski definition) is 7. The lowest BCUT2D eigenvalue weighted by atomic mass is 9.89. The number of allylic oxidation sites excluding steroid dienone is 5. The van der Waals surface area contributed by atoms with E-state index in [-0.39, 0.29) is 36.6 Å². The summed E-state index contributed by atoms with van der Waals surface area (Å²) < 4.78 is 31.4. The van der Waals surface area contributed by atoms with Gasteiger partial charge in [-0.15, -0.1) is 0 Å². The zero-order chi connectivity index (χ0) is 26.4. The van der Waals surface area contributed by atoms with Gasteiger partial charge >= 0.3 is 0 Å². The lowest BCUT2D eigenvalue weighted by Crippen LogP contribution is -2.40. The van der Waals surface area contributed by atoms with Crippen LogP contribution in [0.3, 0.4) is 0 Å². The van der Waals surface area contributed by atoms with Gasteiger partial charge in [0.2, 0.25) is 6.41 Å². The fraction of sp³-hybridized carbons (Fsp3) is 0.536. The van der Waals surface area contributed by atoms with Gasteiger partial charge < -0.3 is 29.4 Å². The van der Waals surface area contributed by atoms with Crippen molar-refractivity contribution in [2.45, 2.75) is 76.5 Å². The molecule has 0 radical (unpaired) electrons.